The third-order valence-corrected chi connectivity index (χ3v) is 4.80. The number of carboxylic acid groups (broad SMARTS) is 1. The predicted octanol–water partition coefficient (Wildman–Crippen LogP) is 2.52. The van der Waals surface area contributed by atoms with Gasteiger partial charge in [0.1, 0.15) is 11.9 Å². The molecule has 1 heterocycles. The van der Waals surface area contributed by atoms with Crippen molar-refractivity contribution in [2.24, 2.45) is 17.1 Å². The molecule has 0 radical (unpaired) electrons. The van der Waals surface area contributed by atoms with Crippen molar-refractivity contribution >= 4 is 5.97 Å². The summed E-state index contributed by atoms with van der Waals surface area (Å²) in [7, 11) is 0. The number of nitrogens with two attached hydrogens (primary N) is 1. The first-order chi connectivity index (χ1) is 10.0. The highest BCUT2D eigenvalue weighted by Crippen LogP contribution is 2.44. The maximum Gasteiger partial charge on any atom is 0.311 e. The van der Waals surface area contributed by atoms with Crippen molar-refractivity contribution in [1.29, 1.82) is 0 Å². The summed E-state index contributed by atoms with van der Waals surface area (Å²) in [5, 5.41) is 9.69. The highest BCUT2D eigenvalue weighted by molar-refractivity contribution is 5.75. The van der Waals surface area contributed by atoms with E-state index in [9.17, 15) is 9.90 Å². The van der Waals surface area contributed by atoms with Crippen LogP contribution in [0, 0.1) is 18.3 Å². The van der Waals surface area contributed by atoms with Crippen molar-refractivity contribution in [3.63, 3.8) is 0 Å². The largest absolute Gasteiger partial charge is 0.490 e. The van der Waals surface area contributed by atoms with E-state index in [4.69, 9.17) is 10.5 Å². The summed E-state index contributed by atoms with van der Waals surface area (Å²) in [6.07, 6.45) is 4.19. The molecule has 2 atom stereocenters. The monoisotopic (exact) mass is 289 g/mol. The van der Waals surface area contributed by atoms with Crippen LogP contribution in [0.3, 0.4) is 0 Å². The molecule has 1 aromatic carbocycles. The van der Waals surface area contributed by atoms with Crippen LogP contribution in [0.4, 0.5) is 0 Å². The molecule has 114 valence electrons. The second-order valence-corrected chi connectivity index (χ2v) is 6.70. The summed E-state index contributed by atoms with van der Waals surface area (Å²) in [5.74, 6) is 0.664. The number of aryl methyl sites for hydroxylation is 1. The van der Waals surface area contributed by atoms with Gasteiger partial charge >= 0.3 is 5.97 Å². The fourth-order valence-corrected chi connectivity index (χ4v) is 3.39. The van der Waals surface area contributed by atoms with E-state index < -0.39 is 11.4 Å². The van der Waals surface area contributed by atoms with Crippen LogP contribution in [0.2, 0.25) is 0 Å². The first kappa shape index (κ1) is 14.4. The van der Waals surface area contributed by atoms with E-state index in [1.165, 1.54) is 11.1 Å². The standard InChI is InChI=1S/C17H23NO3/c1-11-2-5-15-13(6-11)7-14(21-15)9-17(10-18,16(19)20)8-12-3-4-12/h2,5-6,12,14H,3-4,7-10,18H2,1H3,(H,19,20). The average Bonchev–Trinajstić information content (AvgIpc) is 3.16. The summed E-state index contributed by atoms with van der Waals surface area (Å²) in [6.45, 7) is 2.25. The Morgan fingerprint density at radius 3 is 2.81 bits per heavy atom. The zero-order valence-electron chi connectivity index (χ0n) is 12.5. The number of ether oxygens (including phenoxy) is 1. The molecule has 4 heteroatoms. The summed E-state index contributed by atoms with van der Waals surface area (Å²) in [4.78, 5) is 11.8. The Balaban J connectivity index is 1.74. The van der Waals surface area contributed by atoms with Gasteiger partial charge in [-0.3, -0.25) is 4.79 Å². The van der Waals surface area contributed by atoms with Crippen molar-refractivity contribution < 1.29 is 14.6 Å². The van der Waals surface area contributed by atoms with Crippen molar-refractivity contribution in [3.8, 4) is 5.75 Å². The third-order valence-electron chi connectivity index (χ3n) is 4.80. The van der Waals surface area contributed by atoms with Gasteiger partial charge in [-0.2, -0.15) is 0 Å². The SMILES string of the molecule is Cc1ccc2c(c1)CC(CC(CN)(CC1CC1)C(=O)O)O2. The van der Waals surface area contributed by atoms with Gasteiger partial charge < -0.3 is 15.6 Å². The van der Waals surface area contributed by atoms with Crippen LogP contribution in [-0.4, -0.2) is 23.7 Å². The molecule has 1 saturated carbocycles. The zero-order chi connectivity index (χ0) is 15.0. The number of carbonyl (C=O) groups is 1. The van der Waals surface area contributed by atoms with E-state index in [0.717, 1.165) is 25.0 Å². The number of rotatable bonds is 6. The number of hydrogen-bond donors (Lipinski definition) is 2. The lowest BCUT2D eigenvalue weighted by atomic mass is 9.77. The molecule has 1 aliphatic heterocycles. The molecule has 21 heavy (non-hydrogen) atoms. The minimum Gasteiger partial charge on any atom is -0.490 e. The van der Waals surface area contributed by atoms with Crippen LogP contribution in [0.5, 0.6) is 5.75 Å². The smallest absolute Gasteiger partial charge is 0.311 e. The summed E-state index contributed by atoms with van der Waals surface area (Å²) in [5.41, 5.74) is 7.42. The molecule has 0 spiro atoms. The topological polar surface area (TPSA) is 72.6 Å². The first-order valence-electron chi connectivity index (χ1n) is 7.72. The molecule has 1 aromatic rings. The summed E-state index contributed by atoms with van der Waals surface area (Å²) in [6, 6.07) is 6.14. The van der Waals surface area contributed by atoms with Crippen LogP contribution in [0.15, 0.2) is 18.2 Å². The lowest BCUT2D eigenvalue weighted by Crippen LogP contribution is -2.42. The number of carboxylic acids is 1. The maximum absolute atomic E-state index is 11.8. The molecule has 0 aromatic heterocycles. The molecule has 2 aliphatic rings. The van der Waals surface area contributed by atoms with Crippen molar-refractivity contribution in [2.45, 2.75) is 45.1 Å². The molecule has 1 aliphatic carbocycles. The molecule has 1 fully saturated rings. The Hall–Kier alpha value is -1.55. The van der Waals surface area contributed by atoms with Gasteiger partial charge in [-0.05, 0) is 30.9 Å². The molecule has 2 unspecified atom stereocenters. The maximum atomic E-state index is 11.8. The molecule has 4 nitrogen and oxygen atoms in total. The van der Waals surface area contributed by atoms with E-state index >= 15 is 0 Å². The van der Waals surface area contributed by atoms with Crippen molar-refractivity contribution in [2.75, 3.05) is 6.54 Å². The van der Waals surface area contributed by atoms with E-state index in [1.807, 2.05) is 12.1 Å². The minimum absolute atomic E-state index is 0.0693. The molecule has 0 saturated heterocycles. The number of benzene rings is 1. The third kappa shape index (κ3) is 2.91. The van der Waals surface area contributed by atoms with Crippen molar-refractivity contribution in [3.05, 3.63) is 29.3 Å². The lowest BCUT2D eigenvalue weighted by molar-refractivity contribution is -0.150. The number of aliphatic carboxylic acids is 1. The summed E-state index contributed by atoms with van der Waals surface area (Å²) >= 11 is 0. The van der Waals surface area contributed by atoms with Gasteiger partial charge in [-0.15, -0.1) is 0 Å². The Morgan fingerprint density at radius 1 is 1.43 bits per heavy atom. The van der Waals surface area contributed by atoms with Crippen LogP contribution < -0.4 is 10.5 Å². The van der Waals surface area contributed by atoms with E-state index in [2.05, 4.69) is 13.0 Å². The molecule has 3 N–H and O–H groups in total. The van der Waals surface area contributed by atoms with Crippen LogP contribution in [0.25, 0.3) is 0 Å². The molecule has 3 rings (SSSR count). The van der Waals surface area contributed by atoms with Crippen molar-refractivity contribution in [1.82, 2.24) is 0 Å². The Labute approximate surface area is 125 Å². The van der Waals surface area contributed by atoms with Crippen LogP contribution >= 0.6 is 0 Å². The second-order valence-electron chi connectivity index (χ2n) is 6.70. The van der Waals surface area contributed by atoms with Gasteiger partial charge in [0, 0.05) is 19.4 Å². The number of fused-ring (bicyclic) bond motifs is 1. The van der Waals surface area contributed by atoms with Crippen LogP contribution in [0.1, 0.15) is 36.8 Å². The van der Waals surface area contributed by atoms with Gasteiger partial charge in [0.25, 0.3) is 0 Å². The lowest BCUT2D eigenvalue weighted by Gasteiger charge is -2.30. The second kappa shape index (κ2) is 5.34. The van der Waals surface area contributed by atoms with E-state index in [-0.39, 0.29) is 12.6 Å². The Kier molecular flexibility index (Phi) is 3.66. The van der Waals surface area contributed by atoms with Gasteiger partial charge in [-0.25, -0.2) is 0 Å². The zero-order valence-corrected chi connectivity index (χ0v) is 12.5. The van der Waals surface area contributed by atoms with E-state index in [0.29, 0.717) is 18.8 Å². The average molecular weight is 289 g/mol. The fourth-order valence-electron chi connectivity index (χ4n) is 3.39. The Morgan fingerprint density at radius 2 is 2.19 bits per heavy atom. The fraction of sp³-hybridized carbons (Fsp3) is 0.588. The Bertz CT molecular complexity index is 553. The van der Waals surface area contributed by atoms with Gasteiger partial charge in [0.05, 0.1) is 5.41 Å². The highest BCUT2D eigenvalue weighted by atomic mass is 16.5. The quantitative estimate of drug-likeness (QED) is 0.844. The van der Waals surface area contributed by atoms with E-state index in [1.54, 1.807) is 0 Å². The molecular weight excluding hydrogens is 266 g/mol. The van der Waals surface area contributed by atoms with Gasteiger partial charge in [0.15, 0.2) is 0 Å². The molecule has 0 amide bonds. The predicted molar refractivity (Wildman–Crippen MR) is 80.4 cm³/mol. The highest BCUT2D eigenvalue weighted by Gasteiger charge is 2.45. The molecular formula is C17H23NO3. The first-order valence-corrected chi connectivity index (χ1v) is 7.72. The van der Waals surface area contributed by atoms with Crippen LogP contribution in [-0.2, 0) is 11.2 Å². The minimum atomic E-state index is -0.830. The molecule has 0 bridgehead atoms. The normalized spacial score (nSPS) is 23.2. The number of hydrogen-bond acceptors (Lipinski definition) is 3. The summed E-state index contributed by atoms with van der Waals surface area (Å²) < 4.78 is 5.95. The van der Waals surface area contributed by atoms with Gasteiger partial charge in [0.2, 0.25) is 0 Å². The van der Waals surface area contributed by atoms with Gasteiger partial charge in [-0.1, -0.05) is 30.5 Å².